The summed E-state index contributed by atoms with van der Waals surface area (Å²) in [5, 5.41) is 10.5. The van der Waals surface area contributed by atoms with Gasteiger partial charge in [-0.15, -0.1) is 0 Å². The van der Waals surface area contributed by atoms with Crippen molar-refractivity contribution in [2.24, 2.45) is 0 Å². The lowest BCUT2D eigenvalue weighted by Gasteiger charge is -2.11. The molecule has 0 fully saturated rings. The van der Waals surface area contributed by atoms with Gasteiger partial charge in [0.25, 0.3) is 0 Å². The summed E-state index contributed by atoms with van der Waals surface area (Å²) in [5.74, 6) is -1.71. The highest BCUT2D eigenvalue weighted by Crippen LogP contribution is 2.08. The first-order chi connectivity index (χ1) is 7.54. The van der Waals surface area contributed by atoms with E-state index < -0.39 is 11.9 Å². The van der Waals surface area contributed by atoms with E-state index in [-0.39, 0.29) is 11.7 Å². The van der Waals surface area contributed by atoms with Crippen molar-refractivity contribution in [3.63, 3.8) is 0 Å². The molecular weight excluding hydrogens is 208 g/mol. The van der Waals surface area contributed by atoms with Crippen LogP contribution >= 0.6 is 0 Å². The second-order valence-corrected chi connectivity index (χ2v) is 3.49. The topological polar surface area (TPSA) is 66.4 Å². The standard InChI is InChI=1S/C12H14O4/c1-3-8(2)16-12(15)10-6-4-9(5-7-10)11(13)14/h4-8H,3H2,1-2H3,(H,13,14)/p-1. The Balaban J connectivity index is 2.74. The molecular formula is C12H13O4-. The number of carbonyl (C=O) groups excluding carboxylic acids is 2. The van der Waals surface area contributed by atoms with Gasteiger partial charge in [0.2, 0.25) is 0 Å². The number of ether oxygens (including phenoxy) is 1. The maximum Gasteiger partial charge on any atom is 0.338 e. The molecule has 0 spiro atoms. The lowest BCUT2D eigenvalue weighted by atomic mass is 10.1. The van der Waals surface area contributed by atoms with Crippen molar-refractivity contribution in [2.75, 3.05) is 0 Å². The number of aromatic carboxylic acids is 1. The molecule has 0 aromatic heterocycles. The van der Waals surface area contributed by atoms with E-state index in [1.54, 1.807) is 6.92 Å². The van der Waals surface area contributed by atoms with E-state index in [9.17, 15) is 14.7 Å². The molecule has 1 rings (SSSR count). The SMILES string of the molecule is CCC(C)OC(=O)c1ccc(C(=O)[O-])cc1. The van der Waals surface area contributed by atoms with E-state index in [0.29, 0.717) is 5.56 Å². The number of carbonyl (C=O) groups is 2. The number of benzene rings is 1. The van der Waals surface area contributed by atoms with Crippen LogP contribution in [0.3, 0.4) is 0 Å². The number of carboxylic acids is 1. The fourth-order valence-corrected chi connectivity index (χ4v) is 1.08. The van der Waals surface area contributed by atoms with Crippen LogP contribution in [-0.2, 0) is 4.74 Å². The quantitative estimate of drug-likeness (QED) is 0.711. The van der Waals surface area contributed by atoms with Crippen molar-refractivity contribution >= 4 is 11.9 Å². The minimum Gasteiger partial charge on any atom is -0.545 e. The lowest BCUT2D eigenvalue weighted by molar-refractivity contribution is -0.255. The number of rotatable bonds is 4. The molecule has 4 nitrogen and oxygen atoms in total. The third-order valence-electron chi connectivity index (χ3n) is 2.24. The van der Waals surface area contributed by atoms with Gasteiger partial charge in [0, 0.05) is 0 Å². The van der Waals surface area contributed by atoms with Gasteiger partial charge in [0.1, 0.15) is 0 Å². The second-order valence-electron chi connectivity index (χ2n) is 3.49. The number of carboxylic acid groups (broad SMARTS) is 1. The van der Waals surface area contributed by atoms with Gasteiger partial charge in [-0.3, -0.25) is 0 Å². The summed E-state index contributed by atoms with van der Waals surface area (Å²) in [4.78, 5) is 22.0. The van der Waals surface area contributed by atoms with Crippen LogP contribution in [0, 0.1) is 0 Å². The van der Waals surface area contributed by atoms with Crippen molar-refractivity contribution < 1.29 is 19.4 Å². The Labute approximate surface area is 93.9 Å². The molecule has 0 amide bonds. The van der Waals surface area contributed by atoms with E-state index in [4.69, 9.17) is 4.74 Å². The molecule has 0 saturated heterocycles. The zero-order chi connectivity index (χ0) is 12.1. The third-order valence-corrected chi connectivity index (χ3v) is 2.24. The van der Waals surface area contributed by atoms with Gasteiger partial charge in [-0.25, -0.2) is 4.79 Å². The second kappa shape index (κ2) is 5.30. The Kier molecular flexibility index (Phi) is 4.05. The minimum atomic E-state index is -1.26. The average molecular weight is 221 g/mol. The van der Waals surface area contributed by atoms with Crippen molar-refractivity contribution in [1.29, 1.82) is 0 Å². The number of esters is 1. The van der Waals surface area contributed by atoms with Crippen molar-refractivity contribution in [3.05, 3.63) is 35.4 Å². The van der Waals surface area contributed by atoms with Crippen LogP contribution in [0.2, 0.25) is 0 Å². The van der Waals surface area contributed by atoms with Crippen LogP contribution in [-0.4, -0.2) is 18.0 Å². The van der Waals surface area contributed by atoms with E-state index in [1.165, 1.54) is 24.3 Å². The van der Waals surface area contributed by atoms with E-state index in [1.807, 2.05) is 6.92 Å². The Bertz CT molecular complexity index is 381. The largest absolute Gasteiger partial charge is 0.545 e. The van der Waals surface area contributed by atoms with Crippen molar-refractivity contribution in [1.82, 2.24) is 0 Å². The molecule has 1 atom stereocenters. The molecule has 16 heavy (non-hydrogen) atoms. The van der Waals surface area contributed by atoms with Crippen LogP contribution in [0.15, 0.2) is 24.3 Å². The highest BCUT2D eigenvalue weighted by atomic mass is 16.5. The van der Waals surface area contributed by atoms with Gasteiger partial charge >= 0.3 is 5.97 Å². The predicted molar refractivity (Wildman–Crippen MR) is 55.9 cm³/mol. The fraction of sp³-hybridized carbons (Fsp3) is 0.333. The molecule has 1 aromatic rings. The Hall–Kier alpha value is -1.84. The van der Waals surface area contributed by atoms with Gasteiger partial charge in [-0.05, 0) is 31.0 Å². The summed E-state index contributed by atoms with van der Waals surface area (Å²) in [6.45, 7) is 3.71. The lowest BCUT2D eigenvalue weighted by Crippen LogP contribution is -2.22. The predicted octanol–water partition coefficient (Wildman–Crippen LogP) is 1.01. The Morgan fingerprint density at radius 3 is 2.19 bits per heavy atom. The normalized spacial score (nSPS) is 11.9. The summed E-state index contributed by atoms with van der Waals surface area (Å²) in [7, 11) is 0. The summed E-state index contributed by atoms with van der Waals surface area (Å²) < 4.78 is 5.08. The fourth-order valence-electron chi connectivity index (χ4n) is 1.08. The Morgan fingerprint density at radius 2 is 1.75 bits per heavy atom. The molecule has 0 aliphatic rings. The average Bonchev–Trinajstić information content (AvgIpc) is 2.28. The molecule has 0 bridgehead atoms. The first-order valence-electron chi connectivity index (χ1n) is 5.07. The summed E-state index contributed by atoms with van der Waals surface area (Å²) >= 11 is 0. The molecule has 1 unspecified atom stereocenters. The molecule has 0 N–H and O–H groups in total. The first kappa shape index (κ1) is 12.2. The molecule has 0 aliphatic heterocycles. The van der Waals surface area contributed by atoms with Gasteiger partial charge in [0.15, 0.2) is 0 Å². The maximum absolute atomic E-state index is 11.5. The van der Waals surface area contributed by atoms with Gasteiger partial charge < -0.3 is 14.6 Å². The van der Waals surface area contributed by atoms with Crippen molar-refractivity contribution in [2.45, 2.75) is 26.4 Å². The van der Waals surface area contributed by atoms with Gasteiger partial charge in [0.05, 0.1) is 17.6 Å². The molecule has 86 valence electrons. The molecule has 4 heteroatoms. The zero-order valence-corrected chi connectivity index (χ0v) is 9.23. The first-order valence-corrected chi connectivity index (χ1v) is 5.07. The van der Waals surface area contributed by atoms with E-state index in [0.717, 1.165) is 6.42 Å². The van der Waals surface area contributed by atoms with Crippen LogP contribution in [0.25, 0.3) is 0 Å². The van der Waals surface area contributed by atoms with E-state index in [2.05, 4.69) is 0 Å². The molecule has 0 radical (unpaired) electrons. The van der Waals surface area contributed by atoms with Crippen LogP contribution < -0.4 is 5.11 Å². The monoisotopic (exact) mass is 221 g/mol. The summed E-state index contributed by atoms with van der Waals surface area (Å²) in [6.07, 6.45) is 0.594. The summed E-state index contributed by atoms with van der Waals surface area (Å²) in [5.41, 5.74) is 0.380. The molecule has 0 saturated carbocycles. The number of hydrogen-bond acceptors (Lipinski definition) is 4. The van der Waals surface area contributed by atoms with Gasteiger partial charge in [-0.2, -0.15) is 0 Å². The number of hydrogen-bond donors (Lipinski definition) is 0. The zero-order valence-electron chi connectivity index (χ0n) is 9.23. The van der Waals surface area contributed by atoms with Crippen molar-refractivity contribution in [3.8, 4) is 0 Å². The van der Waals surface area contributed by atoms with Crippen LogP contribution in [0.1, 0.15) is 41.0 Å². The third kappa shape index (κ3) is 3.08. The smallest absolute Gasteiger partial charge is 0.338 e. The summed E-state index contributed by atoms with van der Waals surface area (Å²) in [6, 6.07) is 5.47. The molecule has 0 heterocycles. The van der Waals surface area contributed by atoms with Gasteiger partial charge in [-0.1, -0.05) is 19.1 Å². The van der Waals surface area contributed by atoms with Crippen LogP contribution in [0.5, 0.6) is 0 Å². The van der Waals surface area contributed by atoms with E-state index >= 15 is 0 Å². The molecule has 0 aliphatic carbocycles. The highest BCUT2D eigenvalue weighted by molar-refractivity contribution is 5.92. The highest BCUT2D eigenvalue weighted by Gasteiger charge is 2.10. The molecule has 1 aromatic carbocycles. The van der Waals surface area contributed by atoms with Crippen LogP contribution in [0.4, 0.5) is 0 Å². The maximum atomic E-state index is 11.5. The minimum absolute atomic E-state index is 0.0417. The Morgan fingerprint density at radius 1 is 1.25 bits per heavy atom.